The molecular weight excluding hydrogens is 288 g/mol. The maximum atomic E-state index is 9.27. The molecule has 0 aromatic heterocycles. The predicted octanol–water partition coefficient (Wildman–Crippen LogP) is 4.43. The Bertz CT molecular complexity index is 570. The lowest BCUT2D eigenvalue weighted by Gasteiger charge is -2.14. The van der Waals surface area contributed by atoms with E-state index in [1.165, 1.54) is 5.56 Å². The second-order valence-corrected chi connectivity index (χ2v) is 4.95. The number of para-hydroxylation sites is 1. The van der Waals surface area contributed by atoms with Gasteiger partial charge >= 0.3 is 0 Å². The van der Waals surface area contributed by atoms with Crippen LogP contribution >= 0.6 is 15.9 Å². The maximum absolute atomic E-state index is 9.27. The summed E-state index contributed by atoms with van der Waals surface area (Å²) in [6.45, 7) is 2.03. The van der Waals surface area contributed by atoms with Crippen molar-refractivity contribution in [1.29, 1.82) is 5.26 Å². The summed E-state index contributed by atoms with van der Waals surface area (Å²) in [6, 6.07) is 17.7. The van der Waals surface area contributed by atoms with Crippen LogP contribution in [-0.4, -0.2) is 0 Å². The fraction of sp³-hybridized carbons (Fsp3) is 0.133. The van der Waals surface area contributed by atoms with Crippen LogP contribution in [0.3, 0.4) is 0 Å². The van der Waals surface area contributed by atoms with Crippen LogP contribution in [0.4, 0.5) is 5.69 Å². The van der Waals surface area contributed by atoms with Crippen LogP contribution < -0.4 is 5.32 Å². The molecule has 0 aliphatic heterocycles. The summed E-state index contributed by atoms with van der Waals surface area (Å²) in [6.07, 6.45) is 0. The Kier molecular flexibility index (Phi) is 4.01. The van der Waals surface area contributed by atoms with E-state index < -0.39 is 0 Å². The van der Waals surface area contributed by atoms with Crippen LogP contribution in [0.2, 0.25) is 0 Å². The van der Waals surface area contributed by atoms with Crippen molar-refractivity contribution in [3.05, 3.63) is 64.1 Å². The summed E-state index contributed by atoms with van der Waals surface area (Å²) in [7, 11) is 0. The number of anilines is 1. The van der Waals surface area contributed by atoms with Crippen molar-refractivity contribution in [1.82, 2.24) is 0 Å². The zero-order valence-corrected chi connectivity index (χ0v) is 11.6. The average molecular weight is 301 g/mol. The van der Waals surface area contributed by atoms with Gasteiger partial charge in [0.15, 0.2) is 0 Å². The first-order valence-electron chi connectivity index (χ1n) is 5.68. The van der Waals surface area contributed by atoms with Crippen molar-refractivity contribution in [2.24, 2.45) is 0 Å². The molecule has 1 unspecified atom stereocenters. The van der Waals surface area contributed by atoms with E-state index in [0.717, 1.165) is 15.7 Å². The molecule has 90 valence electrons. The summed E-state index contributed by atoms with van der Waals surface area (Å²) in [5, 5.41) is 12.5. The standard InChI is InChI=1S/C15H13BrN2/c1-11-6-8-12(9-7-11)15(10-17)18-14-5-3-2-4-13(14)16/h2-9,15,18H,1H3. The first-order chi connectivity index (χ1) is 8.70. The quantitative estimate of drug-likeness (QED) is 0.910. The van der Waals surface area contributed by atoms with Gasteiger partial charge < -0.3 is 5.32 Å². The number of aryl methyl sites for hydroxylation is 1. The minimum absolute atomic E-state index is 0.343. The van der Waals surface area contributed by atoms with E-state index >= 15 is 0 Å². The van der Waals surface area contributed by atoms with E-state index in [-0.39, 0.29) is 6.04 Å². The van der Waals surface area contributed by atoms with Crippen molar-refractivity contribution < 1.29 is 0 Å². The second kappa shape index (κ2) is 5.70. The molecule has 0 radical (unpaired) electrons. The van der Waals surface area contributed by atoms with E-state index in [2.05, 4.69) is 27.3 Å². The van der Waals surface area contributed by atoms with Crippen LogP contribution in [0, 0.1) is 18.3 Å². The normalized spacial score (nSPS) is 11.6. The monoisotopic (exact) mass is 300 g/mol. The first kappa shape index (κ1) is 12.7. The molecule has 0 aliphatic rings. The molecule has 2 aromatic rings. The fourth-order valence-corrected chi connectivity index (χ4v) is 2.08. The van der Waals surface area contributed by atoms with Crippen molar-refractivity contribution in [2.45, 2.75) is 13.0 Å². The van der Waals surface area contributed by atoms with Gasteiger partial charge in [0.2, 0.25) is 0 Å². The number of nitrogens with zero attached hydrogens (tertiary/aromatic N) is 1. The highest BCUT2D eigenvalue weighted by Crippen LogP contribution is 2.26. The third-order valence-electron chi connectivity index (χ3n) is 2.71. The van der Waals surface area contributed by atoms with Crippen molar-refractivity contribution >= 4 is 21.6 Å². The fourth-order valence-electron chi connectivity index (χ4n) is 1.68. The average Bonchev–Trinajstić information content (AvgIpc) is 2.39. The van der Waals surface area contributed by atoms with Gasteiger partial charge in [0.25, 0.3) is 0 Å². The SMILES string of the molecule is Cc1ccc(C(C#N)Nc2ccccc2Br)cc1. The molecule has 0 heterocycles. The zero-order valence-electron chi connectivity index (χ0n) is 10.0. The lowest BCUT2D eigenvalue weighted by Crippen LogP contribution is -2.08. The van der Waals surface area contributed by atoms with Gasteiger partial charge in [-0.3, -0.25) is 0 Å². The van der Waals surface area contributed by atoms with Crippen LogP contribution in [0.1, 0.15) is 17.2 Å². The minimum Gasteiger partial charge on any atom is -0.365 e. The van der Waals surface area contributed by atoms with E-state index in [4.69, 9.17) is 0 Å². The van der Waals surface area contributed by atoms with Gasteiger partial charge in [-0.2, -0.15) is 5.26 Å². The topological polar surface area (TPSA) is 35.8 Å². The van der Waals surface area contributed by atoms with Gasteiger partial charge in [-0.25, -0.2) is 0 Å². The highest BCUT2D eigenvalue weighted by Gasteiger charge is 2.11. The van der Waals surface area contributed by atoms with E-state index in [0.29, 0.717) is 0 Å². The van der Waals surface area contributed by atoms with Crippen LogP contribution in [0.25, 0.3) is 0 Å². The van der Waals surface area contributed by atoms with Gasteiger partial charge in [-0.05, 0) is 40.5 Å². The first-order valence-corrected chi connectivity index (χ1v) is 6.47. The highest BCUT2D eigenvalue weighted by atomic mass is 79.9. The molecule has 1 N–H and O–H groups in total. The Labute approximate surface area is 115 Å². The van der Waals surface area contributed by atoms with Crippen LogP contribution in [0.15, 0.2) is 53.0 Å². The smallest absolute Gasteiger partial charge is 0.140 e. The number of halogens is 1. The van der Waals surface area contributed by atoms with Crippen molar-refractivity contribution in [3.8, 4) is 6.07 Å². The Morgan fingerprint density at radius 3 is 2.39 bits per heavy atom. The third-order valence-corrected chi connectivity index (χ3v) is 3.40. The lowest BCUT2D eigenvalue weighted by atomic mass is 10.1. The minimum atomic E-state index is -0.343. The molecule has 2 nitrogen and oxygen atoms in total. The molecule has 0 fully saturated rings. The number of nitriles is 1. The number of nitrogens with one attached hydrogen (secondary N) is 1. The zero-order chi connectivity index (χ0) is 13.0. The molecule has 0 saturated heterocycles. The largest absolute Gasteiger partial charge is 0.365 e. The molecule has 0 spiro atoms. The van der Waals surface area contributed by atoms with Crippen molar-refractivity contribution in [2.75, 3.05) is 5.32 Å². The molecule has 1 atom stereocenters. The van der Waals surface area contributed by atoms with Crippen LogP contribution in [-0.2, 0) is 0 Å². The van der Waals surface area contributed by atoms with Gasteiger partial charge in [0.05, 0.1) is 6.07 Å². The molecule has 0 aliphatic carbocycles. The number of rotatable bonds is 3. The van der Waals surface area contributed by atoms with Gasteiger partial charge in [-0.1, -0.05) is 42.0 Å². The molecule has 2 aromatic carbocycles. The number of hydrogen-bond donors (Lipinski definition) is 1. The highest BCUT2D eigenvalue weighted by molar-refractivity contribution is 9.10. The van der Waals surface area contributed by atoms with E-state index in [1.54, 1.807) is 0 Å². The van der Waals surface area contributed by atoms with E-state index in [9.17, 15) is 5.26 Å². The summed E-state index contributed by atoms with van der Waals surface area (Å²) < 4.78 is 0.956. The van der Waals surface area contributed by atoms with Gasteiger partial charge in [-0.15, -0.1) is 0 Å². The van der Waals surface area contributed by atoms with Crippen LogP contribution in [0.5, 0.6) is 0 Å². The van der Waals surface area contributed by atoms with E-state index in [1.807, 2.05) is 55.5 Å². The Balaban J connectivity index is 2.23. The molecule has 0 bridgehead atoms. The maximum Gasteiger partial charge on any atom is 0.140 e. The molecule has 18 heavy (non-hydrogen) atoms. The summed E-state index contributed by atoms with van der Waals surface area (Å²) in [4.78, 5) is 0. The molecule has 2 rings (SSSR count). The summed E-state index contributed by atoms with van der Waals surface area (Å²) in [5.41, 5.74) is 3.08. The second-order valence-electron chi connectivity index (χ2n) is 4.10. The van der Waals surface area contributed by atoms with Gasteiger partial charge in [0, 0.05) is 10.2 Å². The third kappa shape index (κ3) is 2.91. The summed E-state index contributed by atoms with van der Waals surface area (Å²) >= 11 is 3.47. The predicted molar refractivity (Wildman–Crippen MR) is 77.3 cm³/mol. The Hall–Kier alpha value is -1.79. The molecule has 0 saturated carbocycles. The lowest BCUT2D eigenvalue weighted by molar-refractivity contribution is 0.994. The Morgan fingerprint density at radius 1 is 1.11 bits per heavy atom. The van der Waals surface area contributed by atoms with Gasteiger partial charge in [0.1, 0.15) is 6.04 Å². The van der Waals surface area contributed by atoms with Crippen molar-refractivity contribution in [3.63, 3.8) is 0 Å². The molecule has 3 heteroatoms. The Morgan fingerprint density at radius 2 is 1.78 bits per heavy atom. The number of benzene rings is 2. The molecule has 0 amide bonds. The summed E-state index contributed by atoms with van der Waals surface area (Å²) in [5.74, 6) is 0. The molecular formula is C15H13BrN2. The number of hydrogen-bond acceptors (Lipinski definition) is 2.